The van der Waals surface area contributed by atoms with Crippen molar-refractivity contribution in [2.45, 2.75) is 32.6 Å². The van der Waals surface area contributed by atoms with Crippen LogP contribution in [0.15, 0.2) is 24.3 Å². The van der Waals surface area contributed by atoms with E-state index in [1.165, 1.54) is 5.56 Å². The van der Waals surface area contributed by atoms with Crippen molar-refractivity contribution in [3.63, 3.8) is 0 Å². The molecule has 0 radical (unpaired) electrons. The van der Waals surface area contributed by atoms with E-state index in [-0.39, 0.29) is 35.0 Å². The van der Waals surface area contributed by atoms with Gasteiger partial charge >= 0.3 is 41.5 Å². The van der Waals surface area contributed by atoms with E-state index in [1.807, 2.05) is 12.1 Å². The molecule has 0 aliphatic rings. The quantitative estimate of drug-likeness (QED) is 0.420. The Morgan fingerprint density at radius 3 is 1.67 bits per heavy atom. The largest absolute Gasteiger partial charge is 1.00 e. The van der Waals surface area contributed by atoms with Crippen LogP contribution >= 0.6 is 0 Å². The number of aliphatic carboxylic acids is 2. The minimum Gasteiger partial charge on any atom is -0.481 e. The summed E-state index contributed by atoms with van der Waals surface area (Å²) < 4.78 is 0. The predicted molar refractivity (Wildman–Crippen MR) is 63.9 cm³/mol. The number of rotatable bonds is 2. The van der Waals surface area contributed by atoms with E-state index in [0.29, 0.717) is 0 Å². The zero-order valence-electron chi connectivity index (χ0n) is 11.2. The second kappa shape index (κ2) is 9.14. The summed E-state index contributed by atoms with van der Waals surface area (Å²) in [6.07, 6.45) is -0.806. The van der Waals surface area contributed by atoms with Crippen molar-refractivity contribution < 1.29 is 49.4 Å². The van der Waals surface area contributed by atoms with E-state index in [1.54, 1.807) is 0 Å². The average molecular weight is 260 g/mol. The Bertz CT molecular complexity index is 356. The number of carboxylic acid groups (broad SMARTS) is 2. The van der Waals surface area contributed by atoms with Crippen LogP contribution in [0.4, 0.5) is 0 Å². The van der Waals surface area contributed by atoms with E-state index >= 15 is 0 Å². The smallest absolute Gasteiger partial charge is 0.481 e. The molecule has 4 nitrogen and oxygen atoms in total. The van der Waals surface area contributed by atoms with E-state index in [9.17, 15) is 9.59 Å². The van der Waals surface area contributed by atoms with Crippen molar-refractivity contribution in [2.24, 2.45) is 0 Å². The van der Waals surface area contributed by atoms with Gasteiger partial charge in [0.25, 0.3) is 0 Å². The molecule has 0 aliphatic carbocycles. The second-order valence-corrected chi connectivity index (χ2v) is 4.50. The minimum atomic E-state index is -1.31. The van der Waals surface area contributed by atoms with Gasteiger partial charge in [-0.15, -0.1) is 0 Å². The number of carboxylic acids is 2. The van der Waals surface area contributed by atoms with Crippen molar-refractivity contribution in [3.05, 3.63) is 35.9 Å². The van der Waals surface area contributed by atoms with Gasteiger partial charge in [-0.2, -0.15) is 35.9 Å². The molecular weight excluding hydrogens is 243 g/mol. The molecule has 1 rings (SSSR count). The molecule has 0 heterocycles. The van der Waals surface area contributed by atoms with Crippen LogP contribution < -0.4 is 29.6 Å². The van der Waals surface area contributed by atoms with E-state index in [2.05, 4.69) is 39.0 Å². The fraction of sp³-hybridized carbons (Fsp3) is 0.385. The molecule has 1 aromatic carbocycles. The Labute approximate surface area is 129 Å². The first-order valence-electron chi connectivity index (χ1n) is 5.13. The Hall–Kier alpha value is -0.840. The van der Waals surface area contributed by atoms with Gasteiger partial charge in [0.2, 0.25) is 0 Å². The molecule has 18 heavy (non-hydrogen) atoms. The van der Waals surface area contributed by atoms with Crippen LogP contribution in [0, 0.1) is 6.07 Å². The molecule has 1 aromatic rings. The Kier molecular flexibility index (Phi) is 9.90. The molecule has 0 aromatic heterocycles. The summed E-state index contributed by atoms with van der Waals surface area (Å²) in [5, 5.41) is 15.4. The summed E-state index contributed by atoms with van der Waals surface area (Å²) in [4.78, 5) is 18.9. The van der Waals surface area contributed by atoms with Gasteiger partial charge in [-0.3, -0.25) is 9.59 Å². The maximum absolute atomic E-state index is 9.43. The summed E-state index contributed by atoms with van der Waals surface area (Å²) in [6, 6.07) is 11.1. The molecule has 0 saturated heterocycles. The first kappa shape index (κ1) is 19.5. The van der Waals surface area contributed by atoms with Gasteiger partial charge in [0.1, 0.15) is 6.42 Å². The third kappa shape index (κ3) is 10.3. The standard InChI is InChI=1S/C10H13.C3H4O4.Na/c1-10(2,3)9-7-5-4-6-8-9;4-2(5)1-3(6)7;/h5-8H,1-3H3;1H2,(H,4,5)(H,6,7);/q-1;;+1. The topological polar surface area (TPSA) is 74.6 Å². The van der Waals surface area contributed by atoms with Crippen LogP contribution in [0.2, 0.25) is 0 Å². The first-order valence-corrected chi connectivity index (χ1v) is 5.13. The zero-order chi connectivity index (χ0) is 13.5. The average Bonchev–Trinajstić information content (AvgIpc) is 2.16. The molecule has 0 fully saturated rings. The second-order valence-electron chi connectivity index (χ2n) is 4.50. The van der Waals surface area contributed by atoms with Crippen LogP contribution in [-0.4, -0.2) is 22.2 Å². The van der Waals surface area contributed by atoms with Gasteiger partial charge < -0.3 is 10.2 Å². The maximum Gasteiger partial charge on any atom is 1.00 e. The summed E-state index contributed by atoms with van der Waals surface area (Å²) in [5.41, 5.74) is 1.64. The molecule has 2 N–H and O–H groups in total. The SMILES string of the molecule is CC(C)(C)c1cc[c-]cc1.O=C(O)CC(=O)O.[Na+]. The van der Waals surface area contributed by atoms with Crippen LogP contribution in [0.3, 0.4) is 0 Å². The molecule has 0 aliphatic heterocycles. The third-order valence-electron chi connectivity index (χ3n) is 1.89. The number of hydrogen-bond donors (Lipinski definition) is 2. The Morgan fingerprint density at radius 1 is 1.11 bits per heavy atom. The fourth-order valence-corrected chi connectivity index (χ4v) is 1.02. The summed E-state index contributed by atoms with van der Waals surface area (Å²) >= 11 is 0. The molecule has 5 heteroatoms. The number of benzene rings is 1. The monoisotopic (exact) mass is 260 g/mol. The predicted octanol–water partition coefficient (Wildman–Crippen LogP) is -0.666. The van der Waals surface area contributed by atoms with E-state index in [0.717, 1.165) is 0 Å². The molecule has 0 amide bonds. The first-order chi connectivity index (χ1) is 7.73. The van der Waals surface area contributed by atoms with Gasteiger partial charge in [-0.25, -0.2) is 0 Å². The van der Waals surface area contributed by atoms with Gasteiger partial charge in [-0.1, -0.05) is 20.8 Å². The van der Waals surface area contributed by atoms with Gasteiger partial charge in [0.05, 0.1) is 0 Å². The van der Waals surface area contributed by atoms with Crippen molar-refractivity contribution >= 4 is 11.9 Å². The van der Waals surface area contributed by atoms with Crippen LogP contribution in [0.1, 0.15) is 32.8 Å². The van der Waals surface area contributed by atoms with Crippen molar-refractivity contribution in [2.75, 3.05) is 0 Å². The van der Waals surface area contributed by atoms with Gasteiger partial charge in [0, 0.05) is 0 Å². The molecular formula is C13H17NaO4. The molecule has 0 spiro atoms. The molecule has 0 unspecified atom stereocenters. The Morgan fingerprint density at radius 2 is 1.50 bits per heavy atom. The van der Waals surface area contributed by atoms with Crippen LogP contribution in [0.5, 0.6) is 0 Å². The van der Waals surface area contributed by atoms with Gasteiger partial charge in [0.15, 0.2) is 0 Å². The van der Waals surface area contributed by atoms with Gasteiger partial charge in [-0.05, 0) is 5.41 Å². The zero-order valence-corrected chi connectivity index (χ0v) is 13.2. The normalized spacial score (nSPS) is 9.50. The van der Waals surface area contributed by atoms with E-state index < -0.39 is 18.4 Å². The molecule has 94 valence electrons. The maximum atomic E-state index is 9.43. The summed E-state index contributed by atoms with van der Waals surface area (Å²) in [5.74, 6) is -2.62. The fourth-order valence-electron chi connectivity index (χ4n) is 1.02. The third-order valence-corrected chi connectivity index (χ3v) is 1.89. The van der Waals surface area contributed by atoms with Crippen LogP contribution in [-0.2, 0) is 15.0 Å². The van der Waals surface area contributed by atoms with E-state index in [4.69, 9.17) is 10.2 Å². The number of hydrogen-bond acceptors (Lipinski definition) is 2. The molecule has 0 atom stereocenters. The molecule has 0 bridgehead atoms. The summed E-state index contributed by atoms with van der Waals surface area (Å²) in [7, 11) is 0. The van der Waals surface area contributed by atoms with Crippen molar-refractivity contribution in [1.29, 1.82) is 0 Å². The van der Waals surface area contributed by atoms with Crippen LogP contribution in [0.25, 0.3) is 0 Å². The molecule has 0 saturated carbocycles. The van der Waals surface area contributed by atoms with Crippen molar-refractivity contribution in [1.82, 2.24) is 0 Å². The van der Waals surface area contributed by atoms with Crippen molar-refractivity contribution in [3.8, 4) is 0 Å². The summed E-state index contributed by atoms with van der Waals surface area (Å²) in [6.45, 7) is 6.63. The minimum absolute atomic E-state index is 0. The number of carbonyl (C=O) groups is 2. The Balaban J connectivity index is 0.